The number of hydrogen-bond donors (Lipinski definition) is 1. The second-order valence-corrected chi connectivity index (χ2v) is 5.99. The van der Waals surface area contributed by atoms with Gasteiger partial charge in [-0.25, -0.2) is 0 Å². The van der Waals surface area contributed by atoms with E-state index in [0.29, 0.717) is 6.10 Å². The molecule has 0 saturated heterocycles. The molecule has 19 heavy (non-hydrogen) atoms. The molecule has 2 heteroatoms. The molecule has 1 aromatic rings. The summed E-state index contributed by atoms with van der Waals surface area (Å²) in [6.45, 7) is 4.43. The van der Waals surface area contributed by atoms with Crippen molar-refractivity contribution in [2.24, 2.45) is 5.92 Å². The average molecular weight is 259 g/mol. The van der Waals surface area contributed by atoms with Crippen molar-refractivity contribution in [3.05, 3.63) is 29.8 Å². The van der Waals surface area contributed by atoms with Crippen molar-refractivity contribution in [1.29, 1.82) is 0 Å². The van der Waals surface area contributed by atoms with Crippen LogP contribution < -0.4 is 10.1 Å². The maximum Gasteiger partial charge on any atom is 0.120 e. The lowest BCUT2D eigenvalue weighted by Gasteiger charge is -2.21. The molecule has 2 saturated carbocycles. The van der Waals surface area contributed by atoms with Crippen molar-refractivity contribution in [3.8, 4) is 5.75 Å². The van der Waals surface area contributed by atoms with E-state index in [1.807, 2.05) is 0 Å². The van der Waals surface area contributed by atoms with Gasteiger partial charge in [0.2, 0.25) is 0 Å². The van der Waals surface area contributed by atoms with Gasteiger partial charge in [0, 0.05) is 0 Å². The van der Waals surface area contributed by atoms with E-state index in [1.54, 1.807) is 0 Å². The van der Waals surface area contributed by atoms with Crippen LogP contribution in [0.4, 0.5) is 0 Å². The quantitative estimate of drug-likeness (QED) is 0.840. The Labute approximate surface area is 116 Å². The van der Waals surface area contributed by atoms with Gasteiger partial charge in [0.15, 0.2) is 0 Å². The van der Waals surface area contributed by atoms with Gasteiger partial charge in [-0.2, -0.15) is 0 Å². The summed E-state index contributed by atoms with van der Waals surface area (Å²) in [5.41, 5.74) is 1.48. The van der Waals surface area contributed by atoms with Crippen LogP contribution in [-0.2, 0) is 0 Å². The minimum Gasteiger partial charge on any atom is -0.490 e. The highest BCUT2D eigenvalue weighted by atomic mass is 16.5. The van der Waals surface area contributed by atoms with E-state index in [2.05, 4.69) is 36.5 Å². The molecule has 0 amide bonds. The first-order valence-corrected chi connectivity index (χ1v) is 7.84. The van der Waals surface area contributed by atoms with E-state index in [-0.39, 0.29) is 0 Å². The molecular weight excluding hydrogens is 234 g/mol. The summed E-state index contributed by atoms with van der Waals surface area (Å²) in [6.07, 6.45) is 7.03. The van der Waals surface area contributed by atoms with Crippen molar-refractivity contribution in [3.63, 3.8) is 0 Å². The first-order chi connectivity index (χ1) is 9.36. The maximum atomic E-state index is 5.93. The van der Waals surface area contributed by atoms with Crippen LogP contribution in [0.3, 0.4) is 0 Å². The minimum atomic E-state index is 0.497. The van der Waals surface area contributed by atoms with Crippen LogP contribution in [0.25, 0.3) is 0 Å². The van der Waals surface area contributed by atoms with Gasteiger partial charge in [-0.1, -0.05) is 25.5 Å². The first kappa shape index (κ1) is 13.0. The van der Waals surface area contributed by atoms with Crippen molar-refractivity contribution >= 4 is 0 Å². The molecule has 2 nitrogen and oxygen atoms in total. The number of ether oxygens (including phenoxy) is 1. The van der Waals surface area contributed by atoms with Gasteiger partial charge in [0.05, 0.1) is 6.10 Å². The van der Waals surface area contributed by atoms with Crippen LogP contribution in [0.2, 0.25) is 0 Å². The van der Waals surface area contributed by atoms with Crippen LogP contribution >= 0.6 is 0 Å². The highest BCUT2D eigenvalue weighted by Crippen LogP contribution is 2.40. The Balaban J connectivity index is 1.68. The lowest BCUT2D eigenvalue weighted by Crippen LogP contribution is -2.24. The molecule has 0 aliphatic heterocycles. The molecule has 2 unspecified atom stereocenters. The Hall–Kier alpha value is -1.02. The SMILES string of the molecule is CCNCC1CCCC1c1cccc(OC2CC2)c1. The van der Waals surface area contributed by atoms with E-state index in [1.165, 1.54) is 37.7 Å². The molecule has 2 aliphatic rings. The number of rotatable bonds is 6. The molecule has 0 aromatic heterocycles. The van der Waals surface area contributed by atoms with Gasteiger partial charge in [-0.15, -0.1) is 0 Å². The van der Waals surface area contributed by atoms with Gasteiger partial charge in [0.25, 0.3) is 0 Å². The van der Waals surface area contributed by atoms with Crippen LogP contribution in [0.5, 0.6) is 5.75 Å². The van der Waals surface area contributed by atoms with E-state index in [4.69, 9.17) is 4.74 Å². The summed E-state index contributed by atoms with van der Waals surface area (Å²) in [5, 5.41) is 3.52. The summed E-state index contributed by atoms with van der Waals surface area (Å²) in [7, 11) is 0. The number of nitrogens with one attached hydrogen (secondary N) is 1. The van der Waals surface area contributed by atoms with Crippen LogP contribution in [0, 0.1) is 5.92 Å². The largest absolute Gasteiger partial charge is 0.490 e. The fourth-order valence-corrected chi connectivity index (χ4v) is 3.25. The Morgan fingerprint density at radius 2 is 2.11 bits per heavy atom. The number of hydrogen-bond acceptors (Lipinski definition) is 2. The lowest BCUT2D eigenvalue weighted by atomic mass is 9.89. The molecule has 0 radical (unpaired) electrons. The van der Waals surface area contributed by atoms with E-state index >= 15 is 0 Å². The standard InChI is InChI=1S/C17H25NO/c1-2-18-12-14-6-4-8-17(14)13-5-3-7-16(11-13)19-15-9-10-15/h3,5,7,11,14-15,17-18H,2,4,6,8-10,12H2,1H3. The van der Waals surface area contributed by atoms with Crippen molar-refractivity contribution < 1.29 is 4.74 Å². The Bertz CT molecular complexity index is 413. The third-order valence-electron chi connectivity index (χ3n) is 4.43. The molecule has 0 spiro atoms. The van der Waals surface area contributed by atoms with Gasteiger partial charge in [-0.05, 0) is 68.3 Å². The van der Waals surface area contributed by atoms with Crippen LogP contribution in [0.15, 0.2) is 24.3 Å². The highest BCUT2D eigenvalue weighted by molar-refractivity contribution is 5.32. The zero-order valence-electron chi connectivity index (χ0n) is 11.9. The second kappa shape index (κ2) is 5.96. The highest BCUT2D eigenvalue weighted by Gasteiger charge is 2.29. The first-order valence-electron chi connectivity index (χ1n) is 7.84. The predicted octanol–water partition coefficient (Wildman–Crippen LogP) is 3.72. The summed E-state index contributed by atoms with van der Waals surface area (Å²) in [4.78, 5) is 0. The molecule has 2 atom stereocenters. The Morgan fingerprint density at radius 1 is 1.21 bits per heavy atom. The fraction of sp³-hybridized carbons (Fsp3) is 0.647. The van der Waals surface area contributed by atoms with Gasteiger partial charge < -0.3 is 10.1 Å². The molecule has 104 valence electrons. The normalized spacial score (nSPS) is 26.6. The molecule has 3 rings (SSSR count). The third kappa shape index (κ3) is 3.30. The van der Waals surface area contributed by atoms with Gasteiger partial charge in [0.1, 0.15) is 5.75 Å². The van der Waals surface area contributed by atoms with Gasteiger partial charge >= 0.3 is 0 Å². The molecule has 0 heterocycles. The zero-order valence-corrected chi connectivity index (χ0v) is 11.9. The minimum absolute atomic E-state index is 0.497. The Morgan fingerprint density at radius 3 is 2.89 bits per heavy atom. The number of benzene rings is 1. The van der Waals surface area contributed by atoms with Crippen molar-refractivity contribution in [2.75, 3.05) is 13.1 Å². The maximum absolute atomic E-state index is 5.93. The summed E-state index contributed by atoms with van der Waals surface area (Å²) >= 11 is 0. The fourth-order valence-electron chi connectivity index (χ4n) is 3.25. The smallest absolute Gasteiger partial charge is 0.120 e. The van der Waals surface area contributed by atoms with Gasteiger partial charge in [-0.3, -0.25) is 0 Å². The summed E-state index contributed by atoms with van der Waals surface area (Å²) in [6, 6.07) is 8.84. The van der Waals surface area contributed by atoms with Crippen LogP contribution in [0.1, 0.15) is 50.5 Å². The van der Waals surface area contributed by atoms with E-state index < -0.39 is 0 Å². The topological polar surface area (TPSA) is 21.3 Å². The molecule has 0 bridgehead atoms. The Kier molecular flexibility index (Phi) is 4.07. The summed E-state index contributed by atoms with van der Waals surface area (Å²) < 4.78 is 5.93. The third-order valence-corrected chi connectivity index (χ3v) is 4.43. The summed E-state index contributed by atoms with van der Waals surface area (Å²) in [5.74, 6) is 2.60. The molecule has 2 fully saturated rings. The average Bonchev–Trinajstić information content (AvgIpc) is 3.11. The molecular formula is C17H25NO. The van der Waals surface area contributed by atoms with Crippen LogP contribution in [-0.4, -0.2) is 19.2 Å². The van der Waals surface area contributed by atoms with Crippen molar-refractivity contribution in [2.45, 2.75) is 51.0 Å². The molecule has 2 aliphatic carbocycles. The lowest BCUT2D eigenvalue weighted by molar-refractivity contribution is 0.302. The second-order valence-electron chi connectivity index (χ2n) is 5.99. The predicted molar refractivity (Wildman–Crippen MR) is 78.7 cm³/mol. The van der Waals surface area contributed by atoms with E-state index in [0.717, 1.165) is 30.7 Å². The zero-order chi connectivity index (χ0) is 13.1. The molecule has 1 aromatic carbocycles. The molecule has 1 N–H and O–H groups in total. The van der Waals surface area contributed by atoms with Crippen molar-refractivity contribution in [1.82, 2.24) is 5.32 Å². The van der Waals surface area contributed by atoms with E-state index in [9.17, 15) is 0 Å². The monoisotopic (exact) mass is 259 g/mol.